The van der Waals surface area contributed by atoms with E-state index in [1.807, 2.05) is 42.5 Å². The van der Waals surface area contributed by atoms with E-state index in [4.69, 9.17) is 0 Å². The van der Waals surface area contributed by atoms with Crippen molar-refractivity contribution in [1.29, 1.82) is 0 Å². The van der Waals surface area contributed by atoms with Gasteiger partial charge >= 0.3 is 0 Å². The summed E-state index contributed by atoms with van der Waals surface area (Å²) in [6.07, 6.45) is 0. The van der Waals surface area contributed by atoms with Gasteiger partial charge in [-0.05, 0) is 6.92 Å². The molecule has 0 atom stereocenters. The molecule has 0 radical (unpaired) electrons. The summed E-state index contributed by atoms with van der Waals surface area (Å²) in [6, 6.07) is 15.5. The van der Waals surface area contributed by atoms with E-state index in [1.54, 1.807) is 13.0 Å². The van der Waals surface area contributed by atoms with Crippen molar-refractivity contribution in [2.75, 3.05) is 0 Å². The van der Waals surface area contributed by atoms with Crippen molar-refractivity contribution in [3.8, 4) is 0 Å². The van der Waals surface area contributed by atoms with E-state index >= 15 is 0 Å². The zero-order chi connectivity index (χ0) is 10.4. The maximum Gasteiger partial charge on any atom is 0.105 e. The maximum absolute atomic E-state index is 10.6. The third-order valence-corrected chi connectivity index (χ3v) is 2.17. The van der Waals surface area contributed by atoms with Crippen molar-refractivity contribution in [3.05, 3.63) is 58.6 Å². The van der Waals surface area contributed by atoms with Crippen LogP contribution in [0.3, 0.4) is 0 Å². The third kappa shape index (κ3) is 5.73. The van der Waals surface area contributed by atoms with Crippen LogP contribution < -0.4 is 0 Å². The number of rotatable bonds is 1. The fourth-order valence-corrected chi connectivity index (χ4v) is 1.33. The third-order valence-electron chi connectivity index (χ3n) is 1.68. The molecule has 3 heteroatoms. The Morgan fingerprint density at radius 3 is 1.93 bits per heavy atom. The van der Waals surface area contributed by atoms with Gasteiger partial charge in [0, 0.05) is 17.1 Å². The van der Waals surface area contributed by atoms with Crippen LogP contribution in [0.25, 0.3) is 0 Å². The average molecular weight is 307 g/mol. The van der Waals surface area contributed by atoms with Crippen LogP contribution in [0.2, 0.25) is 0 Å². The summed E-state index contributed by atoms with van der Waals surface area (Å²) in [5, 5.41) is 0. The normalized spacial score (nSPS) is 8.40. The molecule has 1 nitrogen and oxygen atoms in total. The molecule has 0 saturated carbocycles. The molecular formula is C12H11BrFeO-6. The molecule has 0 heterocycles. The predicted octanol–water partition coefficient (Wildman–Crippen LogP) is 3.77. The molecule has 0 aliphatic heterocycles. The second-order valence-corrected chi connectivity index (χ2v) is 3.75. The van der Waals surface area contributed by atoms with Gasteiger partial charge in [0.25, 0.3) is 0 Å². The van der Waals surface area contributed by atoms with Crippen molar-refractivity contribution in [2.24, 2.45) is 0 Å². The molecule has 0 unspecified atom stereocenters. The number of carbonyl (C=O) groups excluding carboxylic acids is 1. The Morgan fingerprint density at radius 1 is 1.27 bits per heavy atom. The van der Waals surface area contributed by atoms with E-state index in [2.05, 4.69) is 15.9 Å². The van der Waals surface area contributed by atoms with Crippen LogP contribution in [0, 0.1) is 0 Å². The molecule has 0 fully saturated rings. The fraction of sp³-hybridized carbons (Fsp3) is 0.0833. The van der Waals surface area contributed by atoms with Crippen molar-refractivity contribution < 1.29 is 21.9 Å². The molecule has 0 N–H and O–H groups in total. The van der Waals surface area contributed by atoms with Crippen LogP contribution in [-0.4, -0.2) is 5.78 Å². The number of ketones is 1. The van der Waals surface area contributed by atoms with Gasteiger partial charge in [-0.15, -0.1) is 20.4 Å². The first kappa shape index (κ1) is 14.4. The number of hydrogen-bond donors (Lipinski definition) is 0. The molecule has 0 bridgehead atoms. The van der Waals surface area contributed by atoms with E-state index < -0.39 is 0 Å². The molecule has 2 aromatic carbocycles. The molecule has 2 rings (SSSR count). The second-order valence-electron chi connectivity index (χ2n) is 2.84. The molecule has 86 valence electrons. The predicted molar refractivity (Wildman–Crippen MR) is 61.8 cm³/mol. The topological polar surface area (TPSA) is 17.1 Å². The van der Waals surface area contributed by atoms with Gasteiger partial charge in [0.05, 0.1) is 0 Å². The smallest absolute Gasteiger partial charge is 0.105 e. The Hall–Kier alpha value is -0.631. The monoisotopic (exact) mass is 306 g/mol. The van der Waals surface area contributed by atoms with Gasteiger partial charge in [-0.25, -0.2) is 0 Å². The minimum Gasteiger partial charge on any atom is -0.748 e. The second kappa shape index (κ2) is 7.63. The number of halogens is 1. The molecular weight excluding hydrogens is 296 g/mol. The SMILES string of the molecule is CC(=O)[c-]1ccc(Br)c1.[Fe].[cH-]1[cH-][cH-][cH-][cH-]1. The summed E-state index contributed by atoms with van der Waals surface area (Å²) < 4.78 is 0.965. The summed E-state index contributed by atoms with van der Waals surface area (Å²) in [7, 11) is 0. The Bertz CT molecular complexity index is 359. The summed E-state index contributed by atoms with van der Waals surface area (Å²) in [5.41, 5.74) is 0.766. The van der Waals surface area contributed by atoms with Crippen molar-refractivity contribution >= 4 is 21.7 Å². The van der Waals surface area contributed by atoms with E-state index in [0.717, 1.165) is 10.0 Å². The van der Waals surface area contributed by atoms with E-state index in [9.17, 15) is 4.79 Å². The zero-order valence-corrected chi connectivity index (χ0v) is 10.9. The van der Waals surface area contributed by atoms with Crippen molar-refractivity contribution in [3.63, 3.8) is 0 Å². The standard InChI is InChI=1S/C7H6BrO.C5H5.Fe/c1-5(9)6-2-3-7(8)4-6;1-2-4-5-3-1;/h2-4H,1H3;1-5H;/q-1;-5;. The zero-order valence-electron chi connectivity index (χ0n) is 8.26. The largest absolute Gasteiger partial charge is 0.748 e. The van der Waals surface area contributed by atoms with Crippen LogP contribution in [-0.2, 0) is 17.1 Å². The summed E-state index contributed by atoms with van der Waals surface area (Å²) >= 11 is 3.25. The number of hydrogen-bond acceptors (Lipinski definition) is 1. The summed E-state index contributed by atoms with van der Waals surface area (Å²) in [6.45, 7) is 1.56. The first-order chi connectivity index (χ1) is 6.70. The molecule has 0 aliphatic carbocycles. The van der Waals surface area contributed by atoms with Crippen molar-refractivity contribution in [2.45, 2.75) is 6.92 Å². The Labute approximate surface area is 109 Å². The van der Waals surface area contributed by atoms with Crippen LogP contribution >= 0.6 is 15.9 Å². The molecule has 15 heavy (non-hydrogen) atoms. The first-order valence-electron chi connectivity index (χ1n) is 4.30. The molecule has 2 aromatic rings. The minimum absolute atomic E-state index is 0. The van der Waals surface area contributed by atoms with Gasteiger partial charge in [-0.2, -0.15) is 18.2 Å². The summed E-state index contributed by atoms with van der Waals surface area (Å²) in [4.78, 5) is 10.6. The van der Waals surface area contributed by atoms with Gasteiger partial charge in [-0.3, -0.25) is 0 Å². The van der Waals surface area contributed by atoms with Crippen molar-refractivity contribution in [1.82, 2.24) is 0 Å². The molecule has 0 aliphatic rings. The number of carbonyl (C=O) groups is 1. The molecule has 0 amide bonds. The number of Topliss-reactive ketones (excluding diaryl/α,β-unsaturated/α-hetero) is 1. The molecule has 0 saturated heterocycles. The van der Waals surface area contributed by atoms with Gasteiger partial charge in [0.2, 0.25) is 0 Å². The van der Waals surface area contributed by atoms with Gasteiger partial charge in [0.1, 0.15) is 5.78 Å². The Kier molecular flexibility index (Phi) is 7.31. The first-order valence-corrected chi connectivity index (χ1v) is 5.09. The quantitative estimate of drug-likeness (QED) is 0.445. The average Bonchev–Trinajstić information content (AvgIpc) is 2.74. The fourth-order valence-electron chi connectivity index (χ4n) is 0.954. The van der Waals surface area contributed by atoms with Gasteiger partial charge in [-0.1, -0.05) is 5.56 Å². The summed E-state index contributed by atoms with van der Waals surface area (Å²) in [5.74, 6) is 0.112. The Morgan fingerprint density at radius 2 is 1.73 bits per heavy atom. The van der Waals surface area contributed by atoms with Crippen LogP contribution in [0.4, 0.5) is 0 Å². The van der Waals surface area contributed by atoms with E-state index in [1.165, 1.54) is 0 Å². The van der Waals surface area contributed by atoms with Crippen LogP contribution in [0.1, 0.15) is 17.3 Å². The minimum atomic E-state index is 0. The van der Waals surface area contributed by atoms with E-state index in [0.29, 0.717) is 0 Å². The van der Waals surface area contributed by atoms with Gasteiger partial charge < -0.3 is 35.1 Å². The molecule has 0 aromatic heterocycles. The molecule has 0 spiro atoms. The maximum atomic E-state index is 10.6. The van der Waals surface area contributed by atoms with Crippen LogP contribution in [0.15, 0.2) is 53.0 Å². The van der Waals surface area contributed by atoms with Crippen LogP contribution in [0.5, 0.6) is 0 Å². The van der Waals surface area contributed by atoms with Gasteiger partial charge in [0.15, 0.2) is 0 Å². The Balaban J connectivity index is 0.000000280. The van der Waals surface area contributed by atoms with E-state index in [-0.39, 0.29) is 22.9 Å².